The second-order valence-corrected chi connectivity index (χ2v) is 3.69. The quantitative estimate of drug-likeness (QED) is 0.543. The molecule has 0 bridgehead atoms. The molecule has 0 aliphatic rings. The van der Waals surface area contributed by atoms with Gasteiger partial charge in [0, 0.05) is 19.2 Å². The average Bonchev–Trinajstić information content (AvgIpc) is 2.28. The maximum Gasteiger partial charge on any atom is 0.133 e. The number of aryl methyl sites for hydroxylation is 1. The van der Waals surface area contributed by atoms with E-state index >= 15 is 0 Å². The van der Waals surface area contributed by atoms with Crippen LogP contribution >= 0.6 is 11.6 Å². The molecule has 0 saturated heterocycles. The van der Waals surface area contributed by atoms with Gasteiger partial charge in [0.15, 0.2) is 0 Å². The van der Waals surface area contributed by atoms with Gasteiger partial charge in [-0.2, -0.15) is 0 Å². The Labute approximate surface area is 101 Å². The summed E-state index contributed by atoms with van der Waals surface area (Å²) in [5.74, 6) is 0.738. The summed E-state index contributed by atoms with van der Waals surface area (Å²) in [4.78, 5) is 8.51. The lowest BCUT2D eigenvalue weighted by Crippen LogP contribution is -2.08. The predicted octanol–water partition coefficient (Wildman–Crippen LogP) is 1.90. The number of halogens is 1. The summed E-state index contributed by atoms with van der Waals surface area (Å²) in [6.07, 6.45) is 1.54. The molecule has 0 N–H and O–H groups in total. The molecule has 5 heteroatoms. The van der Waals surface area contributed by atoms with Crippen LogP contribution in [0, 0.1) is 0 Å². The summed E-state index contributed by atoms with van der Waals surface area (Å²) < 4.78 is 10.2. The van der Waals surface area contributed by atoms with E-state index in [2.05, 4.69) is 9.97 Å². The largest absolute Gasteiger partial charge is 0.382 e. The first-order chi connectivity index (χ1) is 7.76. The molecule has 1 rings (SSSR count). The van der Waals surface area contributed by atoms with E-state index in [1.54, 1.807) is 13.2 Å². The normalized spacial score (nSPS) is 10.7. The van der Waals surface area contributed by atoms with Crippen molar-refractivity contribution in [3.63, 3.8) is 0 Å². The third-order valence-corrected chi connectivity index (χ3v) is 2.25. The van der Waals surface area contributed by atoms with Crippen molar-refractivity contribution >= 4 is 11.6 Å². The Balaban J connectivity index is 2.38. The van der Waals surface area contributed by atoms with E-state index in [9.17, 15) is 0 Å². The van der Waals surface area contributed by atoms with Gasteiger partial charge in [-0.05, 0) is 12.5 Å². The Morgan fingerprint density at radius 3 is 2.75 bits per heavy atom. The molecule has 0 atom stereocenters. The highest BCUT2D eigenvalue weighted by atomic mass is 35.5. The van der Waals surface area contributed by atoms with E-state index in [0.717, 1.165) is 17.9 Å². The van der Waals surface area contributed by atoms with E-state index in [1.807, 2.05) is 6.92 Å². The Morgan fingerprint density at radius 2 is 2.06 bits per heavy atom. The molecular weight excluding hydrogens is 228 g/mol. The first-order valence-corrected chi connectivity index (χ1v) is 5.73. The predicted molar refractivity (Wildman–Crippen MR) is 62.8 cm³/mol. The van der Waals surface area contributed by atoms with Gasteiger partial charge in [-0.3, -0.25) is 0 Å². The van der Waals surface area contributed by atoms with Crippen LogP contribution in [-0.2, 0) is 22.3 Å². The molecule has 0 fully saturated rings. The number of nitrogens with zero attached hydrogens (tertiary/aromatic N) is 2. The van der Waals surface area contributed by atoms with Gasteiger partial charge >= 0.3 is 0 Å². The number of hydrogen-bond donors (Lipinski definition) is 0. The van der Waals surface area contributed by atoms with E-state index in [-0.39, 0.29) is 0 Å². The zero-order valence-corrected chi connectivity index (χ0v) is 10.5. The van der Waals surface area contributed by atoms with Crippen molar-refractivity contribution in [1.82, 2.24) is 9.97 Å². The van der Waals surface area contributed by atoms with Crippen molar-refractivity contribution in [1.29, 1.82) is 0 Å². The summed E-state index contributed by atoms with van der Waals surface area (Å²) in [5.41, 5.74) is 0.965. The van der Waals surface area contributed by atoms with Crippen LogP contribution in [0.4, 0.5) is 0 Å². The van der Waals surface area contributed by atoms with Gasteiger partial charge in [-0.15, -0.1) is 0 Å². The number of hydrogen-bond acceptors (Lipinski definition) is 4. The number of methoxy groups -OCH3 is 1. The molecule has 1 heterocycles. The first-order valence-electron chi connectivity index (χ1n) is 5.35. The highest BCUT2D eigenvalue weighted by molar-refractivity contribution is 6.29. The molecule has 0 radical (unpaired) electrons. The molecular formula is C11H17ClN2O2. The van der Waals surface area contributed by atoms with E-state index in [0.29, 0.717) is 31.4 Å². The van der Waals surface area contributed by atoms with Crippen LogP contribution in [0.25, 0.3) is 0 Å². The number of aromatic nitrogens is 2. The van der Waals surface area contributed by atoms with Crippen molar-refractivity contribution in [2.45, 2.75) is 19.8 Å². The van der Waals surface area contributed by atoms with E-state index in [4.69, 9.17) is 21.1 Å². The Morgan fingerprint density at radius 1 is 1.25 bits per heavy atom. The summed E-state index contributed by atoms with van der Waals surface area (Å²) in [7, 11) is 1.65. The number of rotatable bonds is 7. The molecule has 0 spiro atoms. The monoisotopic (exact) mass is 244 g/mol. The van der Waals surface area contributed by atoms with Crippen LogP contribution < -0.4 is 0 Å². The van der Waals surface area contributed by atoms with Crippen molar-refractivity contribution in [2.24, 2.45) is 0 Å². The van der Waals surface area contributed by atoms with Crippen LogP contribution in [0.2, 0.25) is 5.15 Å². The van der Waals surface area contributed by atoms with Gasteiger partial charge in [0.25, 0.3) is 0 Å². The molecule has 4 nitrogen and oxygen atoms in total. The fourth-order valence-electron chi connectivity index (χ4n) is 1.22. The highest BCUT2D eigenvalue weighted by Crippen LogP contribution is 2.08. The lowest BCUT2D eigenvalue weighted by atomic mass is 10.3. The van der Waals surface area contributed by atoms with Crippen molar-refractivity contribution in [2.75, 3.05) is 26.9 Å². The third-order valence-electron chi connectivity index (χ3n) is 2.06. The molecule has 16 heavy (non-hydrogen) atoms. The van der Waals surface area contributed by atoms with E-state index < -0.39 is 0 Å². The van der Waals surface area contributed by atoms with Crippen LogP contribution in [0.3, 0.4) is 0 Å². The summed E-state index contributed by atoms with van der Waals surface area (Å²) in [6.45, 7) is 3.83. The zero-order valence-electron chi connectivity index (χ0n) is 9.70. The molecule has 0 aromatic carbocycles. The first kappa shape index (κ1) is 13.4. The van der Waals surface area contributed by atoms with Crippen molar-refractivity contribution < 1.29 is 9.47 Å². The van der Waals surface area contributed by atoms with Gasteiger partial charge in [-0.25, -0.2) is 9.97 Å². The summed E-state index contributed by atoms with van der Waals surface area (Å²) in [5, 5.41) is 0.499. The fourth-order valence-corrected chi connectivity index (χ4v) is 1.44. The van der Waals surface area contributed by atoms with Crippen LogP contribution in [0.1, 0.15) is 18.4 Å². The van der Waals surface area contributed by atoms with Crippen LogP contribution in [-0.4, -0.2) is 36.9 Å². The minimum absolute atomic E-state index is 0.499. The van der Waals surface area contributed by atoms with Gasteiger partial charge in [-0.1, -0.05) is 18.5 Å². The SMILES string of the molecule is CCc1cc(Cl)nc(CCOCCOC)n1. The Kier molecular flexibility index (Phi) is 6.30. The number of ether oxygens (including phenoxy) is 2. The van der Waals surface area contributed by atoms with Gasteiger partial charge < -0.3 is 9.47 Å². The van der Waals surface area contributed by atoms with Gasteiger partial charge in [0.05, 0.1) is 19.8 Å². The van der Waals surface area contributed by atoms with Crippen molar-refractivity contribution in [3.05, 3.63) is 22.7 Å². The molecule has 1 aromatic heterocycles. The lowest BCUT2D eigenvalue weighted by Gasteiger charge is -2.04. The molecule has 1 aromatic rings. The molecule has 0 amide bonds. The lowest BCUT2D eigenvalue weighted by molar-refractivity contribution is 0.0716. The zero-order chi connectivity index (χ0) is 11.8. The smallest absolute Gasteiger partial charge is 0.133 e. The standard InChI is InChI=1S/C11H17ClN2O2/c1-3-9-8-10(12)14-11(13-9)4-5-16-7-6-15-2/h8H,3-7H2,1-2H3. The topological polar surface area (TPSA) is 44.2 Å². The maximum absolute atomic E-state index is 5.88. The van der Waals surface area contributed by atoms with Gasteiger partial charge in [0.2, 0.25) is 0 Å². The second-order valence-electron chi connectivity index (χ2n) is 3.31. The molecule has 0 saturated carbocycles. The van der Waals surface area contributed by atoms with Crippen molar-refractivity contribution in [3.8, 4) is 0 Å². The Bertz CT molecular complexity index is 321. The molecule has 0 unspecified atom stereocenters. The maximum atomic E-state index is 5.88. The second kappa shape index (κ2) is 7.54. The average molecular weight is 245 g/mol. The molecule has 0 aliphatic heterocycles. The van der Waals surface area contributed by atoms with Crippen LogP contribution in [0.5, 0.6) is 0 Å². The molecule has 0 aliphatic carbocycles. The summed E-state index contributed by atoms with van der Waals surface area (Å²) in [6, 6.07) is 1.79. The van der Waals surface area contributed by atoms with E-state index in [1.165, 1.54) is 0 Å². The highest BCUT2D eigenvalue weighted by Gasteiger charge is 2.02. The molecule has 90 valence electrons. The summed E-state index contributed by atoms with van der Waals surface area (Å²) >= 11 is 5.88. The minimum atomic E-state index is 0.499. The Hall–Kier alpha value is -0.710. The minimum Gasteiger partial charge on any atom is -0.382 e. The fraction of sp³-hybridized carbons (Fsp3) is 0.636. The third kappa shape index (κ3) is 4.88. The van der Waals surface area contributed by atoms with Crippen LogP contribution in [0.15, 0.2) is 6.07 Å². The van der Waals surface area contributed by atoms with Gasteiger partial charge in [0.1, 0.15) is 11.0 Å².